The van der Waals surface area contributed by atoms with Gasteiger partial charge in [0.25, 0.3) is 5.91 Å². The highest BCUT2D eigenvalue weighted by atomic mass is 127. The highest BCUT2D eigenvalue weighted by Gasteiger charge is 2.29. The van der Waals surface area contributed by atoms with E-state index in [1.807, 2.05) is 23.1 Å². The van der Waals surface area contributed by atoms with Crippen molar-refractivity contribution in [1.82, 2.24) is 14.8 Å². The van der Waals surface area contributed by atoms with E-state index in [4.69, 9.17) is 4.74 Å². The minimum absolute atomic E-state index is 0.138. The van der Waals surface area contributed by atoms with E-state index in [-0.39, 0.29) is 12.0 Å². The quantitative estimate of drug-likeness (QED) is 0.453. The number of rotatable bonds is 5. The average Bonchev–Trinajstić information content (AvgIpc) is 2.69. The minimum Gasteiger partial charge on any atom is -0.474 e. The number of amides is 1. The van der Waals surface area contributed by atoms with Crippen molar-refractivity contribution in [3.05, 3.63) is 27.5 Å². The van der Waals surface area contributed by atoms with E-state index in [9.17, 15) is 4.79 Å². The fourth-order valence-corrected chi connectivity index (χ4v) is 4.99. The summed E-state index contributed by atoms with van der Waals surface area (Å²) in [5.41, 5.74) is 0.946. The molecule has 152 valence electrons. The summed E-state index contributed by atoms with van der Waals surface area (Å²) in [5.74, 6) is 0.829. The highest BCUT2D eigenvalue weighted by Crippen LogP contribution is 2.28. The molecule has 1 aromatic rings. The number of aromatic nitrogens is 1. The van der Waals surface area contributed by atoms with Crippen molar-refractivity contribution in [2.45, 2.75) is 63.5 Å². The fraction of sp³-hybridized carbons (Fsp3) is 0.636. The minimum atomic E-state index is 0.138. The summed E-state index contributed by atoms with van der Waals surface area (Å²) in [6.45, 7) is 4.05. The van der Waals surface area contributed by atoms with Crippen LogP contribution in [0.2, 0.25) is 0 Å². The molecule has 3 aliphatic rings. The topological polar surface area (TPSA) is 45.7 Å². The van der Waals surface area contributed by atoms with E-state index >= 15 is 0 Å². The maximum absolute atomic E-state index is 12.5. The van der Waals surface area contributed by atoms with Gasteiger partial charge >= 0.3 is 0 Å². The van der Waals surface area contributed by atoms with Crippen LogP contribution >= 0.6 is 22.6 Å². The monoisotopic (exact) mass is 495 g/mol. The molecule has 2 saturated heterocycles. The molecule has 6 heteroatoms. The Morgan fingerprint density at radius 3 is 2.39 bits per heavy atom. The average molecular weight is 495 g/mol. The SMILES string of the molecule is O=C(C(I)=Cc1ccc(OC2CCN(C3CCC3)CC2)nc1)N1CCCCC1. The number of likely N-dealkylation sites (tertiary alicyclic amines) is 2. The van der Waals surface area contributed by atoms with Gasteiger partial charge in [-0.1, -0.05) is 6.42 Å². The number of pyridine rings is 1. The predicted molar refractivity (Wildman–Crippen MR) is 120 cm³/mol. The van der Waals surface area contributed by atoms with E-state index in [1.165, 1.54) is 25.7 Å². The second-order valence-corrected chi connectivity index (χ2v) is 9.38. The number of hydrogen-bond donors (Lipinski definition) is 0. The molecule has 0 bridgehead atoms. The predicted octanol–water partition coefficient (Wildman–Crippen LogP) is 4.27. The second-order valence-electron chi connectivity index (χ2n) is 8.21. The number of hydrogen-bond acceptors (Lipinski definition) is 4. The Morgan fingerprint density at radius 2 is 1.79 bits per heavy atom. The lowest BCUT2D eigenvalue weighted by atomic mass is 9.90. The Hall–Kier alpha value is -1.15. The first-order chi connectivity index (χ1) is 13.7. The smallest absolute Gasteiger partial charge is 0.260 e. The van der Waals surface area contributed by atoms with Crippen LogP contribution in [0.15, 0.2) is 21.9 Å². The van der Waals surface area contributed by atoms with Crippen LogP contribution in [0.5, 0.6) is 5.88 Å². The van der Waals surface area contributed by atoms with E-state index in [0.717, 1.165) is 67.0 Å². The third kappa shape index (κ3) is 5.06. The zero-order valence-corrected chi connectivity index (χ0v) is 18.6. The van der Waals surface area contributed by atoms with Crippen LogP contribution in [-0.2, 0) is 4.79 Å². The first kappa shape index (κ1) is 20.1. The van der Waals surface area contributed by atoms with Crippen LogP contribution in [0.25, 0.3) is 6.08 Å². The first-order valence-electron chi connectivity index (χ1n) is 10.7. The van der Waals surface area contributed by atoms with E-state index in [0.29, 0.717) is 5.88 Å². The van der Waals surface area contributed by atoms with Crippen molar-refractivity contribution >= 4 is 34.6 Å². The molecule has 2 aliphatic heterocycles. The summed E-state index contributed by atoms with van der Waals surface area (Å²) >= 11 is 2.15. The summed E-state index contributed by atoms with van der Waals surface area (Å²) in [6.07, 6.45) is 13.8. The summed E-state index contributed by atoms with van der Waals surface area (Å²) in [7, 11) is 0. The van der Waals surface area contributed by atoms with E-state index in [1.54, 1.807) is 6.20 Å². The molecular weight excluding hydrogens is 465 g/mol. The molecule has 3 fully saturated rings. The summed E-state index contributed by atoms with van der Waals surface area (Å²) in [6, 6.07) is 4.76. The van der Waals surface area contributed by atoms with Gasteiger partial charge in [0.15, 0.2) is 0 Å². The van der Waals surface area contributed by atoms with E-state index in [2.05, 4.69) is 32.5 Å². The van der Waals surface area contributed by atoms with Crippen LogP contribution in [0.3, 0.4) is 0 Å². The lowest BCUT2D eigenvalue weighted by Gasteiger charge is -2.41. The van der Waals surface area contributed by atoms with Crippen LogP contribution in [0.1, 0.15) is 56.9 Å². The molecule has 1 saturated carbocycles. The molecule has 5 nitrogen and oxygen atoms in total. The lowest BCUT2D eigenvalue weighted by molar-refractivity contribution is -0.126. The van der Waals surface area contributed by atoms with Crippen molar-refractivity contribution in [3.8, 4) is 5.88 Å². The molecule has 0 spiro atoms. The van der Waals surface area contributed by atoms with Gasteiger partial charge in [-0.25, -0.2) is 4.98 Å². The number of carbonyl (C=O) groups excluding carboxylic acids is 1. The maximum Gasteiger partial charge on any atom is 0.260 e. The highest BCUT2D eigenvalue weighted by molar-refractivity contribution is 14.1. The zero-order chi connectivity index (χ0) is 19.3. The number of nitrogens with zero attached hydrogens (tertiary/aromatic N) is 3. The summed E-state index contributed by atoms with van der Waals surface area (Å²) in [5, 5.41) is 0. The fourth-order valence-electron chi connectivity index (χ4n) is 4.28. The molecule has 0 unspecified atom stereocenters. The Morgan fingerprint density at radius 1 is 1.04 bits per heavy atom. The third-order valence-electron chi connectivity index (χ3n) is 6.26. The van der Waals surface area contributed by atoms with Gasteiger partial charge in [-0.05, 0) is 85.2 Å². The van der Waals surface area contributed by atoms with Gasteiger partial charge in [-0.15, -0.1) is 0 Å². The second kappa shape index (κ2) is 9.57. The van der Waals surface area contributed by atoms with Gasteiger partial charge in [0, 0.05) is 44.5 Å². The van der Waals surface area contributed by atoms with Gasteiger partial charge in [0.05, 0.1) is 3.58 Å². The van der Waals surface area contributed by atoms with Gasteiger partial charge in [0.1, 0.15) is 6.10 Å². The van der Waals surface area contributed by atoms with Gasteiger partial charge in [0.2, 0.25) is 5.88 Å². The van der Waals surface area contributed by atoms with Crippen molar-refractivity contribution in [2.24, 2.45) is 0 Å². The van der Waals surface area contributed by atoms with Gasteiger partial charge in [-0.3, -0.25) is 4.79 Å². The van der Waals surface area contributed by atoms with Crippen LogP contribution in [0.4, 0.5) is 0 Å². The first-order valence-corrected chi connectivity index (χ1v) is 11.8. The molecule has 0 atom stereocenters. The molecule has 28 heavy (non-hydrogen) atoms. The van der Waals surface area contributed by atoms with Crippen molar-refractivity contribution in [2.75, 3.05) is 26.2 Å². The molecule has 0 aromatic carbocycles. The van der Waals surface area contributed by atoms with Crippen molar-refractivity contribution in [3.63, 3.8) is 0 Å². The Balaban J connectivity index is 1.28. The largest absolute Gasteiger partial charge is 0.474 e. The van der Waals surface area contributed by atoms with Gasteiger partial charge < -0.3 is 14.5 Å². The summed E-state index contributed by atoms with van der Waals surface area (Å²) in [4.78, 5) is 21.6. The van der Waals surface area contributed by atoms with E-state index < -0.39 is 0 Å². The van der Waals surface area contributed by atoms with Crippen LogP contribution in [0, 0.1) is 0 Å². The molecular formula is C22H30IN3O2. The van der Waals surface area contributed by atoms with Crippen molar-refractivity contribution < 1.29 is 9.53 Å². The van der Waals surface area contributed by atoms with Crippen LogP contribution < -0.4 is 4.74 Å². The Labute approximate surface area is 181 Å². The molecule has 0 N–H and O–H groups in total. The van der Waals surface area contributed by atoms with Crippen molar-refractivity contribution in [1.29, 1.82) is 0 Å². The van der Waals surface area contributed by atoms with Crippen LogP contribution in [-0.4, -0.2) is 59.0 Å². The lowest BCUT2D eigenvalue weighted by Crippen LogP contribution is -2.46. The standard InChI is InChI=1S/C22H30IN3O2/c23-20(22(27)26-11-2-1-3-12-26)15-17-7-8-21(24-16-17)28-19-9-13-25(14-10-19)18-5-4-6-18/h7-8,15-16,18-19H,1-6,9-14H2. The Bertz CT molecular complexity index is 688. The molecule has 1 amide bonds. The molecule has 0 radical (unpaired) electrons. The molecule has 3 heterocycles. The maximum atomic E-state index is 12.5. The Kier molecular flexibility index (Phi) is 6.88. The van der Waals surface area contributed by atoms with Gasteiger partial charge in [-0.2, -0.15) is 0 Å². The number of ether oxygens (including phenoxy) is 1. The number of halogens is 1. The summed E-state index contributed by atoms with van der Waals surface area (Å²) < 4.78 is 6.85. The number of piperidine rings is 2. The zero-order valence-electron chi connectivity index (χ0n) is 16.5. The normalized spacial score (nSPS) is 22.8. The molecule has 4 rings (SSSR count). The third-order valence-corrected chi connectivity index (χ3v) is 7.03. The molecule has 1 aliphatic carbocycles. The molecule has 1 aromatic heterocycles. The number of carbonyl (C=O) groups is 1.